The van der Waals surface area contributed by atoms with E-state index in [9.17, 15) is 40.7 Å². The molecule has 0 saturated carbocycles. The van der Waals surface area contributed by atoms with Gasteiger partial charge in [0.1, 0.15) is 17.5 Å². The summed E-state index contributed by atoms with van der Waals surface area (Å²) in [7, 11) is 0. The van der Waals surface area contributed by atoms with Crippen LogP contribution < -0.4 is 5.56 Å². The highest BCUT2D eigenvalue weighted by Crippen LogP contribution is 2.44. The van der Waals surface area contributed by atoms with Crippen molar-refractivity contribution in [1.82, 2.24) is 9.47 Å². The van der Waals surface area contributed by atoms with Gasteiger partial charge in [0.05, 0.1) is 30.2 Å². The van der Waals surface area contributed by atoms with E-state index in [4.69, 9.17) is 4.74 Å². The molecule has 1 saturated heterocycles. The average molecular weight is 775 g/mol. The Hall–Kier alpha value is -4.14. The van der Waals surface area contributed by atoms with Gasteiger partial charge in [-0.05, 0) is 101 Å². The van der Waals surface area contributed by atoms with Crippen LogP contribution in [0.4, 0.5) is 39.5 Å². The second-order valence-electron chi connectivity index (χ2n) is 14.2. The molecule has 0 aliphatic carbocycles. The number of pyridine rings is 1. The number of Topliss-reactive ketones (excluding diaryl/α,β-unsaturated/α-hetero) is 1. The largest absolute Gasteiger partial charge is 0.466 e. The van der Waals surface area contributed by atoms with Crippen LogP contribution in [-0.2, 0) is 33.1 Å². The Labute approximate surface area is 307 Å². The number of nitrogens with zero attached hydrogens (tertiary/aromatic N) is 2. The number of esters is 1. The summed E-state index contributed by atoms with van der Waals surface area (Å²) in [5.41, 5.74) is -7.10. The molecular formula is C39H43F9N2O4. The molecule has 1 aliphatic rings. The SMILES string of the molecule is CCOC(=O)C[C@H](CC(=O)C(CC(C)C)n1cc(CCCN2CCC2)c(C(F)(F)F)cc1=O)c1c(F)c(-c2c(C)cc(C)cc2F)cc(C(F)(F)F)c1F. The van der Waals surface area contributed by atoms with Gasteiger partial charge in [0.15, 0.2) is 5.78 Å². The lowest BCUT2D eigenvalue weighted by Gasteiger charge is -2.30. The lowest BCUT2D eigenvalue weighted by molar-refractivity contribution is -0.143. The zero-order chi connectivity index (χ0) is 40.3. The van der Waals surface area contributed by atoms with Gasteiger partial charge in [-0.2, -0.15) is 26.3 Å². The van der Waals surface area contributed by atoms with Crippen LogP contribution in [0.15, 0.2) is 35.3 Å². The number of halogens is 9. The molecule has 15 heteroatoms. The van der Waals surface area contributed by atoms with E-state index in [-0.39, 0.29) is 42.6 Å². The minimum atomic E-state index is -5.44. The quantitative estimate of drug-likeness (QED) is 0.114. The van der Waals surface area contributed by atoms with Gasteiger partial charge in [0, 0.05) is 41.3 Å². The van der Waals surface area contributed by atoms with Gasteiger partial charge in [0.25, 0.3) is 5.56 Å². The normalized spacial score (nSPS) is 14.9. The van der Waals surface area contributed by atoms with Crippen LogP contribution in [0.2, 0.25) is 0 Å². The Morgan fingerprint density at radius 1 is 0.889 bits per heavy atom. The van der Waals surface area contributed by atoms with E-state index in [1.807, 2.05) is 4.90 Å². The van der Waals surface area contributed by atoms with Gasteiger partial charge in [-0.25, -0.2) is 13.2 Å². The van der Waals surface area contributed by atoms with Gasteiger partial charge in [-0.3, -0.25) is 14.4 Å². The number of likely N-dealkylation sites (tertiary alicyclic amines) is 1. The third kappa shape index (κ3) is 9.93. The molecule has 3 aromatic rings. The minimum absolute atomic E-state index is 0.0226. The molecule has 0 radical (unpaired) electrons. The monoisotopic (exact) mass is 774 g/mol. The fourth-order valence-electron chi connectivity index (χ4n) is 6.98. The summed E-state index contributed by atoms with van der Waals surface area (Å²) in [4.78, 5) is 42.4. The first kappa shape index (κ1) is 42.6. The van der Waals surface area contributed by atoms with Crippen LogP contribution in [0.3, 0.4) is 0 Å². The second kappa shape index (κ2) is 17.1. The molecule has 0 spiro atoms. The summed E-state index contributed by atoms with van der Waals surface area (Å²) in [5.74, 6) is -9.34. The highest BCUT2D eigenvalue weighted by atomic mass is 19.4. The summed E-state index contributed by atoms with van der Waals surface area (Å²) >= 11 is 0. The van der Waals surface area contributed by atoms with Gasteiger partial charge >= 0.3 is 18.3 Å². The molecule has 1 aliphatic heterocycles. The summed E-state index contributed by atoms with van der Waals surface area (Å²) in [6.07, 6.45) is -10.4. The summed E-state index contributed by atoms with van der Waals surface area (Å²) in [6.45, 7) is 9.40. The molecule has 2 aromatic carbocycles. The third-order valence-electron chi connectivity index (χ3n) is 9.56. The number of hydrogen-bond donors (Lipinski definition) is 0. The molecule has 6 nitrogen and oxygen atoms in total. The van der Waals surface area contributed by atoms with Crippen LogP contribution in [0.1, 0.15) is 98.2 Å². The first-order chi connectivity index (χ1) is 25.1. The maximum atomic E-state index is 16.6. The number of hydrogen-bond acceptors (Lipinski definition) is 5. The van der Waals surface area contributed by atoms with Crippen LogP contribution in [0, 0.1) is 37.2 Å². The lowest BCUT2D eigenvalue weighted by Crippen LogP contribution is -2.38. The van der Waals surface area contributed by atoms with Gasteiger partial charge in [-0.1, -0.05) is 19.9 Å². The average Bonchev–Trinajstić information content (AvgIpc) is 3.01. The van der Waals surface area contributed by atoms with Crippen molar-refractivity contribution in [3.05, 3.63) is 91.6 Å². The number of ether oxygens (including phenoxy) is 1. The van der Waals surface area contributed by atoms with Gasteiger partial charge in [-0.15, -0.1) is 0 Å². The number of benzene rings is 2. The number of ketones is 1. The van der Waals surface area contributed by atoms with Crippen molar-refractivity contribution >= 4 is 11.8 Å². The molecule has 54 heavy (non-hydrogen) atoms. The minimum Gasteiger partial charge on any atom is -0.466 e. The first-order valence-corrected chi connectivity index (χ1v) is 17.7. The van der Waals surface area contributed by atoms with E-state index in [2.05, 4.69) is 0 Å². The predicted molar refractivity (Wildman–Crippen MR) is 183 cm³/mol. The van der Waals surface area contributed by atoms with Crippen molar-refractivity contribution in [3.63, 3.8) is 0 Å². The molecule has 0 amide bonds. The standard InChI is InChI=1S/C39H43F9N2O4/c1-6-54-33(53)17-25(35-36(41)26(18-28(37(35)42)39(46,47)48)34-23(5)14-22(4)15-29(34)40)16-31(51)30(13-21(2)3)50-20-24(9-7-10-49-11-8-12-49)27(19-32(50)52)38(43,44)45/h14-15,18-21,25,30H,6-13,16-17H2,1-5H3/t25-,30?/m0/s1. The maximum Gasteiger partial charge on any atom is 0.419 e. The Morgan fingerprint density at radius 3 is 2.07 bits per heavy atom. The Bertz CT molecular complexity index is 1890. The number of aryl methyl sites for hydroxylation is 3. The smallest absolute Gasteiger partial charge is 0.419 e. The van der Waals surface area contributed by atoms with Crippen molar-refractivity contribution in [1.29, 1.82) is 0 Å². The molecule has 2 heterocycles. The summed E-state index contributed by atoms with van der Waals surface area (Å²) in [6, 6.07) is 1.31. The van der Waals surface area contributed by atoms with Crippen LogP contribution in [0.5, 0.6) is 0 Å². The Kier molecular flexibility index (Phi) is 13.5. The highest BCUT2D eigenvalue weighted by Gasteiger charge is 2.41. The summed E-state index contributed by atoms with van der Waals surface area (Å²) in [5, 5.41) is 0. The second-order valence-corrected chi connectivity index (χ2v) is 14.2. The molecule has 0 bridgehead atoms. The third-order valence-corrected chi connectivity index (χ3v) is 9.56. The molecule has 4 rings (SSSR count). The first-order valence-electron chi connectivity index (χ1n) is 17.7. The molecule has 2 atom stereocenters. The number of rotatable bonds is 15. The van der Waals surface area contributed by atoms with E-state index in [0.29, 0.717) is 24.6 Å². The molecule has 0 N–H and O–H groups in total. The zero-order valence-electron chi connectivity index (χ0n) is 30.6. The van der Waals surface area contributed by atoms with Gasteiger partial charge in [0.2, 0.25) is 0 Å². The van der Waals surface area contributed by atoms with E-state index in [1.165, 1.54) is 26.8 Å². The molecule has 1 fully saturated rings. The van der Waals surface area contributed by atoms with E-state index in [0.717, 1.165) is 36.3 Å². The lowest BCUT2D eigenvalue weighted by atomic mass is 9.83. The zero-order valence-corrected chi connectivity index (χ0v) is 30.6. The van der Waals surface area contributed by atoms with Crippen molar-refractivity contribution in [2.24, 2.45) is 5.92 Å². The van der Waals surface area contributed by atoms with E-state index >= 15 is 13.2 Å². The van der Waals surface area contributed by atoms with Crippen molar-refractivity contribution < 1.29 is 53.8 Å². The van der Waals surface area contributed by atoms with E-state index < -0.39 is 99.7 Å². The molecule has 1 aromatic heterocycles. The van der Waals surface area contributed by atoms with Crippen LogP contribution in [-0.4, -0.2) is 47.5 Å². The number of carbonyl (C=O) groups is 2. The number of carbonyl (C=O) groups excluding carboxylic acids is 2. The van der Waals surface area contributed by atoms with Gasteiger partial charge < -0.3 is 14.2 Å². The van der Waals surface area contributed by atoms with Crippen molar-refractivity contribution in [3.8, 4) is 11.1 Å². The molecular weight excluding hydrogens is 731 g/mol. The van der Waals surface area contributed by atoms with Crippen molar-refractivity contribution in [2.75, 3.05) is 26.2 Å². The molecule has 1 unspecified atom stereocenters. The Balaban J connectivity index is 1.89. The van der Waals surface area contributed by atoms with Crippen LogP contribution in [0.25, 0.3) is 11.1 Å². The van der Waals surface area contributed by atoms with E-state index in [1.54, 1.807) is 13.8 Å². The van der Waals surface area contributed by atoms with Crippen molar-refractivity contribution in [2.45, 2.75) is 97.5 Å². The van der Waals surface area contributed by atoms with Crippen LogP contribution >= 0.6 is 0 Å². The highest BCUT2D eigenvalue weighted by molar-refractivity contribution is 5.85. The predicted octanol–water partition coefficient (Wildman–Crippen LogP) is 9.51. The topological polar surface area (TPSA) is 68.6 Å². The number of aromatic nitrogens is 1. The number of alkyl halides is 6. The summed E-state index contributed by atoms with van der Waals surface area (Å²) < 4.78 is 139. The fraction of sp³-hybridized carbons (Fsp3) is 0.513. The fourth-order valence-corrected chi connectivity index (χ4v) is 6.98. The maximum absolute atomic E-state index is 16.6. The molecule has 296 valence electrons. The Morgan fingerprint density at radius 2 is 1.54 bits per heavy atom.